The molecule has 33 heavy (non-hydrogen) atoms. The molecule has 0 fully saturated rings. The highest BCUT2D eigenvalue weighted by atomic mass is 32.1. The van der Waals surface area contributed by atoms with Gasteiger partial charge in [-0.15, -0.1) is 11.3 Å². The topological polar surface area (TPSA) is 13.6 Å². The van der Waals surface area contributed by atoms with Gasteiger partial charge in [0, 0.05) is 15.3 Å². The zero-order chi connectivity index (χ0) is 24.2. The molecule has 0 saturated heterocycles. The van der Waals surface area contributed by atoms with Crippen LogP contribution in [0, 0.1) is 6.57 Å². The van der Waals surface area contributed by atoms with E-state index in [9.17, 15) is 30.7 Å². The molecule has 0 N–H and O–H groups in total. The Bertz CT molecular complexity index is 1290. The molecular formula is C23H12F7NOS. The van der Waals surface area contributed by atoms with Crippen LogP contribution >= 0.6 is 11.3 Å². The summed E-state index contributed by atoms with van der Waals surface area (Å²) in [7, 11) is 1.39. The van der Waals surface area contributed by atoms with Gasteiger partial charge in [0.25, 0.3) is 0 Å². The molecule has 1 aliphatic rings. The van der Waals surface area contributed by atoms with Crippen LogP contribution in [0.1, 0.15) is 5.56 Å². The maximum Gasteiger partial charge on any atom is 0.383 e. The third-order valence-corrected chi connectivity index (χ3v) is 6.47. The van der Waals surface area contributed by atoms with Gasteiger partial charge in [0.15, 0.2) is 11.5 Å². The Balaban J connectivity index is 1.97. The van der Waals surface area contributed by atoms with Crippen molar-refractivity contribution in [3.8, 4) is 26.6 Å². The Morgan fingerprint density at radius 1 is 0.848 bits per heavy atom. The first-order valence-electron chi connectivity index (χ1n) is 9.26. The molecule has 0 unspecified atom stereocenters. The monoisotopic (exact) mass is 483 g/mol. The lowest BCUT2D eigenvalue weighted by molar-refractivity contribution is -0.263. The van der Waals surface area contributed by atoms with E-state index in [1.165, 1.54) is 55.6 Å². The van der Waals surface area contributed by atoms with Gasteiger partial charge in [-0.3, -0.25) is 0 Å². The largest absolute Gasteiger partial charge is 0.497 e. The van der Waals surface area contributed by atoms with Crippen LogP contribution in [0.2, 0.25) is 0 Å². The first-order chi connectivity index (χ1) is 15.5. The highest BCUT2D eigenvalue weighted by molar-refractivity contribution is 7.19. The number of nitrogens with zero attached hydrogens (tertiary/aromatic N) is 1. The van der Waals surface area contributed by atoms with E-state index in [2.05, 4.69) is 4.85 Å². The molecule has 0 amide bonds. The van der Waals surface area contributed by atoms with E-state index in [1.54, 1.807) is 0 Å². The normalized spacial score (nSPS) is 18.3. The number of ether oxygens (including phenoxy) is 1. The van der Waals surface area contributed by atoms with Crippen LogP contribution in [0.25, 0.3) is 31.3 Å². The minimum atomic E-state index is -5.93. The minimum absolute atomic E-state index is 0.0970. The molecular weight excluding hydrogens is 471 g/mol. The first kappa shape index (κ1) is 22.9. The standard InChI is InChI=1S/C23H12F7NOS/c1-31-14-7-3-12(4-8-14)17-11-16(19(33-17)13-5-9-15(32-2)10-6-13)18-20(24)22(27,28)23(29,30)21(18,25)26/h3-11H,2H3. The summed E-state index contributed by atoms with van der Waals surface area (Å²) >= 11 is 0.840. The van der Waals surface area contributed by atoms with E-state index >= 15 is 0 Å². The van der Waals surface area contributed by atoms with E-state index in [0.29, 0.717) is 17.0 Å². The predicted molar refractivity (Wildman–Crippen MR) is 111 cm³/mol. The van der Waals surface area contributed by atoms with E-state index in [-0.39, 0.29) is 15.3 Å². The zero-order valence-corrected chi connectivity index (χ0v) is 17.4. The molecule has 0 bridgehead atoms. The summed E-state index contributed by atoms with van der Waals surface area (Å²) in [5, 5.41) is 0. The molecule has 3 aromatic rings. The van der Waals surface area contributed by atoms with Crippen molar-refractivity contribution >= 4 is 22.6 Å². The average Bonchev–Trinajstić information content (AvgIpc) is 3.26. The van der Waals surface area contributed by atoms with Crippen LogP contribution in [0.15, 0.2) is 60.4 Å². The summed E-state index contributed by atoms with van der Waals surface area (Å²) < 4.78 is 104. The van der Waals surface area contributed by atoms with E-state index in [4.69, 9.17) is 11.3 Å². The number of hydrogen-bond acceptors (Lipinski definition) is 2. The number of allylic oxidation sites excluding steroid dienone is 2. The average molecular weight is 483 g/mol. The zero-order valence-electron chi connectivity index (χ0n) is 16.6. The van der Waals surface area contributed by atoms with E-state index in [1.807, 2.05) is 0 Å². The number of hydrogen-bond donors (Lipinski definition) is 0. The summed E-state index contributed by atoms with van der Waals surface area (Å²) in [6.45, 7) is 7.00. The maximum atomic E-state index is 14.6. The van der Waals surface area contributed by atoms with Crippen molar-refractivity contribution in [3.05, 3.63) is 77.4 Å². The van der Waals surface area contributed by atoms with Gasteiger partial charge in [0.1, 0.15) is 5.75 Å². The van der Waals surface area contributed by atoms with Gasteiger partial charge in [-0.05, 0) is 41.5 Å². The Labute approximate surface area is 187 Å². The van der Waals surface area contributed by atoms with Gasteiger partial charge in [0.2, 0.25) is 0 Å². The molecule has 2 nitrogen and oxygen atoms in total. The molecule has 0 radical (unpaired) electrons. The van der Waals surface area contributed by atoms with Crippen molar-refractivity contribution in [3.63, 3.8) is 0 Å². The van der Waals surface area contributed by atoms with Crippen molar-refractivity contribution in [2.24, 2.45) is 0 Å². The van der Waals surface area contributed by atoms with Crippen LogP contribution in [-0.2, 0) is 0 Å². The highest BCUT2D eigenvalue weighted by Gasteiger charge is 2.81. The van der Waals surface area contributed by atoms with Gasteiger partial charge in [-0.2, -0.15) is 26.3 Å². The van der Waals surface area contributed by atoms with Crippen LogP contribution in [-0.4, -0.2) is 24.9 Å². The Kier molecular flexibility index (Phi) is 5.28. The molecule has 10 heteroatoms. The van der Waals surface area contributed by atoms with Gasteiger partial charge >= 0.3 is 17.8 Å². The summed E-state index contributed by atoms with van der Waals surface area (Å²) in [5.41, 5.74) is -1.87. The van der Waals surface area contributed by atoms with E-state index < -0.39 is 34.7 Å². The lowest BCUT2D eigenvalue weighted by Crippen LogP contribution is -2.48. The molecule has 1 aromatic heterocycles. The van der Waals surface area contributed by atoms with Crippen molar-refractivity contribution in [1.29, 1.82) is 0 Å². The molecule has 0 saturated carbocycles. The molecule has 1 aliphatic carbocycles. The third-order valence-electron chi connectivity index (χ3n) is 5.23. The summed E-state index contributed by atoms with van der Waals surface area (Å²) in [6.07, 6.45) is 0. The summed E-state index contributed by atoms with van der Waals surface area (Å²) in [6, 6.07) is 12.6. The Morgan fingerprint density at radius 2 is 1.42 bits per heavy atom. The van der Waals surface area contributed by atoms with Crippen molar-refractivity contribution in [2.75, 3.05) is 7.11 Å². The van der Waals surface area contributed by atoms with Crippen molar-refractivity contribution in [2.45, 2.75) is 17.8 Å². The second kappa shape index (κ2) is 7.63. The van der Waals surface area contributed by atoms with Crippen LogP contribution in [0.3, 0.4) is 0 Å². The molecule has 2 aromatic carbocycles. The quantitative estimate of drug-likeness (QED) is 0.269. The smallest absolute Gasteiger partial charge is 0.383 e. The fourth-order valence-corrected chi connectivity index (χ4v) is 4.63. The molecule has 170 valence electrons. The fourth-order valence-electron chi connectivity index (χ4n) is 3.45. The Morgan fingerprint density at radius 3 is 1.91 bits per heavy atom. The number of rotatable bonds is 4. The third kappa shape index (κ3) is 3.30. The van der Waals surface area contributed by atoms with Crippen LogP contribution < -0.4 is 4.74 Å². The minimum Gasteiger partial charge on any atom is -0.497 e. The Hall–Kier alpha value is -3.32. The van der Waals surface area contributed by atoms with Crippen molar-refractivity contribution < 1.29 is 35.5 Å². The lowest BCUT2D eigenvalue weighted by Gasteiger charge is -2.24. The summed E-state index contributed by atoms with van der Waals surface area (Å²) in [5.74, 6) is -19.5. The highest BCUT2D eigenvalue weighted by Crippen LogP contribution is 2.63. The van der Waals surface area contributed by atoms with Gasteiger partial charge in [-0.25, -0.2) is 9.24 Å². The molecule has 0 spiro atoms. The number of halogens is 7. The molecule has 0 aliphatic heterocycles. The molecule has 4 rings (SSSR count). The van der Waals surface area contributed by atoms with Gasteiger partial charge in [-0.1, -0.05) is 24.3 Å². The predicted octanol–water partition coefficient (Wildman–Crippen LogP) is 8.24. The summed E-state index contributed by atoms with van der Waals surface area (Å²) in [4.78, 5) is 3.38. The molecule has 0 atom stereocenters. The number of alkyl halides is 6. The number of methoxy groups -OCH3 is 1. The van der Waals surface area contributed by atoms with Gasteiger partial charge in [0.05, 0.1) is 19.3 Å². The second-order valence-electron chi connectivity index (χ2n) is 7.15. The van der Waals surface area contributed by atoms with Crippen molar-refractivity contribution in [1.82, 2.24) is 0 Å². The van der Waals surface area contributed by atoms with Crippen LogP contribution in [0.4, 0.5) is 36.4 Å². The maximum absolute atomic E-state index is 14.6. The number of thiophene rings is 1. The first-order valence-corrected chi connectivity index (χ1v) is 10.1. The van der Waals surface area contributed by atoms with Crippen LogP contribution in [0.5, 0.6) is 5.75 Å². The van der Waals surface area contributed by atoms with E-state index in [0.717, 1.165) is 17.4 Å². The SMILES string of the molecule is [C-]#[N+]c1ccc(-c2cc(C3=C(F)C(F)(F)C(F)(F)C3(F)F)c(-c3ccc(OC)cc3)s2)cc1. The fraction of sp³-hybridized carbons (Fsp3) is 0.174. The number of benzene rings is 2. The lowest BCUT2D eigenvalue weighted by atomic mass is 9.97. The molecule has 1 heterocycles. The second-order valence-corrected chi connectivity index (χ2v) is 8.20. The van der Waals surface area contributed by atoms with Gasteiger partial charge < -0.3 is 4.74 Å².